The third-order valence-corrected chi connectivity index (χ3v) is 3.63. The number of nitrogens with zero attached hydrogens (tertiary/aromatic N) is 1. The van der Waals surface area contributed by atoms with Crippen molar-refractivity contribution in [2.75, 3.05) is 0 Å². The molecule has 0 aliphatic rings. The van der Waals surface area contributed by atoms with Gasteiger partial charge >= 0.3 is 0 Å². The van der Waals surface area contributed by atoms with Gasteiger partial charge in [0.2, 0.25) is 0 Å². The summed E-state index contributed by atoms with van der Waals surface area (Å²) in [7, 11) is 0. The maximum atomic E-state index is 14.1. The van der Waals surface area contributed by atoms with Gasteiger partial charge in [0.05, 0.1) is 15.5 Å². The maximum Gasteiger partial charge on any atom is 0.276 e. The van der Waals surface area contributed by atoms with Crippen LogP contribution < -0.4 is 4.74 Å². The first-order valence-corrected chi connectivity index (χ1v) is 6.87. The van der Waals surface area contributed by atoms with Crippen molar-refractivity contribution >= 4 is 27.7 Å². The van der Waals surface area contributed by atoms with Crippen LogP contribution in [0.3, 0.4) is 0 Å². The quantitative estimate of drug-likeness (QED) is 0.536. The third-order valence-electron chi connectivity index (χ3n) is 3.03. The highest BCUT2D eigenvalue weighted by Gasteiger charge is 2.22. The van der Waals surface area contributed by atoms with Gasteiger partial charge in [-0.15, -0.1) is 0 Å². The summed E-state index contributed by atoms with van der Waals surface area (Å²) in [4.78, 5) is 10.2. The Morgan fingerprint density at radius 3 is 2.55 bits per heavy atom. The fraction of sp³-hybridized carbons (Fsp3) is 0.0667. The summed E-state index contributed by atoms with van der Waals surface area (Å²) in [6.45, 7) is 5.00. The van der Waals surface area contributed by atoms with Crippen LogP contribution in [0.1, 0.15) is 11.1 Å². The standard InChI is InChI=1S/C15H10BrF2NO3/c1-3-10-8(2)14(19(20)21)7-13(18)15(10)22-9-4-5-12(17)11(16)6-9/h3-7H,1H2,2H3. The van der Waals surface area contributed by atoms with E-state index in [9.17, 15) is 18.9 Å². The van der Waals surface area contributed by atoms with Crippen LogP contribution in [0.25, 0.3) is 6.08 Å². The predicted octanol–water partition coefficient (Wildman–Crippen LogP) is 5.38. The Bertz CT molecular complexity index is 778. The van der Waals surface area contributed by atoms with Gasteiger partial charge in [-0.25, -0.2) is 8.78 Å². The fourth-order valence-corrected chi connectivity index (χ4v) is 2.29. The zero-order valence-corrected chi connectivity index (χ0v) is 13.0. The summed E-state index contributed by atoms with van der Waals surface area (Å²) < 4.78 is 32.9. The molecule has 114 valence electrons. The van der Waals surface area contributed by atoms with E-state index in [4.69, 9.17) is 4.74 Å². The molecule has 2 aromatic carbocycles. The third kappa shape index (κ3) is 2.99. The van der Waals surface area contributed by atoms with Crippen molar-refractivity contribution in [2.24, 2.45) is 0 Å². The Kier molecular flexibility index (Phi) is 4.56. The van der Waals surface area contributed by atoms with Gasteiger partial charge in [0.1, 0.15) is 11.6 Å². The lowest BCUT2D eigenvalue weighted by Crippen LogP contribution is -2.00. The topological polar surface area (TPSA) is 52.4 Å². The zero-order chi connectivity index (χ0) is 16.4. The Morgan fingerprint density at radius 2 is 2.00 bits per heavy atom. The summed E-state index contributed by atoms with van der Waals surface area (Å²) in [5.41, 5.74) is 0.0461. The SMILES string of the molecule is C=Cc1c(C)c([N+](=O)[O-])cc(F)c1Oc1ccc(F)c(Br)c1. The van der Waals surface area contributed by atoms with Crippen LogP contribution in [0.4, 0.5) is 14.5 Å². The second-order valence-electron chi connectivity index (χ2n) is 4.38. The molecule has 0 unspecified atom stereocenters. The van der Waals surface area contributed by atoms with E-state index >= 15 is 0 Å². The van der Waals surface area contributed by atoms with Crippen LogP contribution in [0, 0.1) is 28.7 Å². The first-order valence-electron chi connectivity index (χ1n) is 6.08. The molecule has 2 rings (SSSR count). The molecule has 7 heteroatoms. The molecular weight excluding hydrogens is 360 g/mol. The lowest BCUT2D eigenvalue weighted by atomic mass is 10.0. The van der Waals surface area contributed by atoms with E-state index in [1.807, 2.05) is 0 Å². The summed E-state index contributed by atoms with van der Waals surface area (Å²) in [5.74, 6) is -1.40. The van der Waals surface area contributed by atoms with Gasteiger partial charge in [0.25, 0.3) is 5.69 Å². The molecule has 0 fully saturated rings. The monoisotopic (exact) mass is 369 g/mol. The van der Waals surface area contributed by atoms with Crippen molar-refractivity contribution in [1.82, 2.24) is 0 Å². The van der Waals surface area contributed by atoms with Crippen LogP contribution in [0.5, 0.6) is 11.5 Å². The van der Waals surface area contributed by atoms with Gasteiger partial charge < -0.3 is 4.74 Å². The largest absolute Gasteiger partial charge is 0.454 e. The van der Waals surface area contributed by atoms with E-state index in [2.05, 4.69) is 22.5 Å². The molecular formula is C15H10BrF2NO3. The maximum absolute atomic E-state index is 14.1. The van der Waals surface area contributed by atoms with E-state index in [0.29, 0.717) is 0 Å². The average molecular weight is 370 g/mol. The minimum Gasteiger partial charge on any atom is -0.454 e. The van der Waals surface area contributed by atoms with E-state index in [1.165, 1.54) is 25.1 Å². The van der Waals surface area contributed by atoms with Gasteiger partial charge in [-0.1, -0.05) is 12.7 Å². The number of rotatable bonds is 4. The molecule has 0 spiro atoms. The number of nitro groups is 1. The highest BCUT2D eigenvalue weighted by molar-refractivity contribution is 9.10. The number of benzene rings is 2. The summed E-state index contributed by atoms with van der Waals surface area (Å²) in [6.07, 6.45) is 1.28. The van der Waals surface area contributed by atoms with Crippen LogP contribution in [0.2, 0.25) is 0 Å². The molecule has 0 radical (unpaired) electrons. The van der Waals surface area contributed by atoms with Crippen molar-refractivity contribution in [1.29, 1.82) is 0 Å². The summed E-state index contributed by atoms with van der Waals surface area (Å²) in [5, 5.41) is 10.9. The molecule has 0 N–H and O–H groups in total. The minimum atomic E-state index is -0.896. The molecule has 4 nitrogen and oxygen atoms in total. The van der Waals surface area contributed by atoms with E-state index < -0.39 is 16.6 Å². The van der Waals surface area contributed by atoms with Crippen LogP contribution >= 0.6 is 15.9 Å². The lowest BCUT2D eigenvalue weighted by Gasteiger charge is -2.13. The highest BCUT2D eigenvalue weighted by Crippen LogP contribution is 2.37. The number of ether oxygens (including phenoxy) is 1. The number of hydrogen-bond acceptors (Lipinski definition) is 3. The highest BCUT2D eigenvalue weighted by atomic mass is 79.9. The molecule has 0 atom stereocenters. The van der Waals surface area contributed by atoms with Crippen molar-refractivity contribution in [3.8, 4) is 11.5 Å². The Hall–Kier alpha value is -2.28. The molecule has 0 heterocycles. The smallest absolute Gasteiger partial charge is 0.276 e. The van der Waals surface area contributed by atoms with E-state index in [1.54, 1.807) is 0 Å². The molecule has 0 bridgehead atoms. The van der Waals surface area contributed by atoms with E-state index in [0.717, 1.165) is 12.1 Å². The zero-order valence-electron chi connectivity index (χ0n) is 11.4. The van der Waals surface area contributed by atoms with Gasteiger partial charge in [0.15, 0.2) is 11.6 Å². The van der Waals surface area contributed by atoms with Crippen molar-refractivity contribution < 1.29 is 18.4 Å². The first kappa shape index (κ1) is 16.1. The van der Waals surface area contributed by atoms with Crippen molar-refractivity contribution in [3.63, 3.8) is 0 Å². The summed E-state index contributed by atoms with van der Waals surface area (Å²) in [6, 6.07) is 4.60. The Morgan fingerprint density at radius 1 is 1.32 bits per heavy atom. The van der Waals surface area contributed by atoms with Crippen molar-refractivity contribution in [3.05, 3.63) is 68.2 Å². The number of hydrogen-bond donors (Lipinski definition) is 0. The molecule has 0 amide bonds. The number of halogens is 3. The molecule has 0 aliphatic heterocycles. The van der Waals surface area contributed by atoms with Crippen LogP contribution in [-0.2, 0) is 0 Å². The lowest BCUT2D eigenvalue weighted by molar-refractivity contribution is -0.385. The molecule has 2 aromatic rings. The van der Waals surface area contributed by atoms with Gasteiger partial charge in [-0.3, -0.25) is 10.1 Å². The molecule has 0 aromatic heterocycles. The normalized spacial score (nSPS) is 10.4. The molecule has 22 heavy (non-hydrogen) atoms. The van der Waals surface area contributed by atoms with Crippen molar-refractivity contribution in [2.45, 2.75) is 6.92 Å². The Labute approximate surface area is 133 Å². The number of nitro benzene ring substituents is 1. The van der Waals surface area contributed by atoms with Crippen LogP contribution in [0.15, 0.2) is 35.3 Å². The second-order valence-corrected chi connectivity index (χ2v) is 5.24. The predicted molar refractivity (Wildman–Crippen MR) is 82.1 cm³/mol. The minimum absolute atomic E-state index is 0.157. The molecule has 0 saturated carbocycles. The second kappa shape index (κ2) is 6.23. The van der Waals surface area contributed by atoms with Gasteiger partial charge in [-0.2, -0.15) is 0 Å². The Balaban J connectivity index is 2.55. The first-order chi connectivity index (χ1) is 10.3. The molecule has 0 saturated heterocycles. The summed E-state index contributed by atoms with van der Waals surface area (Å²) >= 11 is 3.00. The van der Waals surface area contributed by atoms with Crippen LogP contribution in [-0.4, -0.2) is 4.92 Å². The van der Waals surface area contributed by atoms with E-state index in [-0.39, 0.29) is 32.8 Å². The molecule has 0 aliphatic carbocycles. The van der Waals surface area contributed by atoms with Gasteiger partial charge in [-0.05, 0) is 41.1 Å². The van der Waals surface area contributed by atoms with Gasteiger partial charge in [0, 0.05) is 11.1 Å². The fourth-order valence-electron chi connectivity index (χ4n) is 1.93. The average Bonchev–Trinajstić information content (AvgIpc) is 2.46.